The molecule has 1 amide bonds. The summed E-state index contributed by atoms with van der Waals surface area (Å²) >= 11 is 7.19. The van der Waals surface area contributed by atoms with E-state index in [-0.39, 0.29) is 22.4 Å². The maximum absolute atomic E-state index is 11.9. The summed E-state index contributed by atoms with van der Waals surface area (Å²) in [5.41, 5.74) is 2.72. The highest BCUT2D eigenvalue weighted by atomic mass is 35.5. The molecule has 0 atom stereocenters. The summed E-state index contributed by atoms with van der Waals surface area (Å²) in [5.74, 6) is 1.47. The number of carbonyl (C=O) groups is 1. The van der Waals surface area contributed by atoms with Crippen molar-refractivity contribution in [3.05, 3.63) is 75.5 Å². The molecule has 0 aliphatic carbocycles. The lowest BCUT2D eigenvalue weighted by Crippen LogP contribution is -2.19. The van der Waals surface area contributed by atoms with Crippen molar-refractivity contribution < 1.29 is 18.9 Å². The summed E-state index contributed by atoms with van der Waals surface area (Å²) in [7, 11) is 1.59. The number of thioether (sulfide) groups is 1. The Labute approximate surface area is 181 Å². The van der Waals surface area contributed by atoms with Crippen molar-refractivity contribution in [2.45, 2.75) is 4.90 Å². The van der Waals surface area contributed by atoms with Crippen molar-refractivity contribution in [1.82, 2.24) is 5.43 Å². The Hall–Kier alpha value is -3.30. The molecule has 30 heavy (non-hydrogen) atoms. The van der Waals surface area contributed by atoms with Gasteiger partial charge in [-0.15, -0.1) is 11.8 Å². The van der Waals surface area contributed by atoms with Gasteiger partial charge in [0, 0.05) is 16.5 Å². The van der Waals surface area contributed by atoms with Crippen LogP contribution in [-0.4, -0.2) is 29.9 Å². The molecule has 3 aromatic rings. The molecule has 8 nitrogen and oxygen atoms in total. The van der Waals surface area contributed by atoms with Gasteiger partial charge in [0.15, 0.2) is 0 Å². The number of hydrogen-bond acceptors (Lipinski definition) is 7. The number of nitrogens with one attached hydrogen (secondary N) is 1. The highest BCUT2D eigenvalue weighted by Crippen LogP contribution is 2.31. The van der Waals surface area contributed by atoms with Crippen LogP contribution in [-0.2, 0) is 4.79 Å². The molecule has 1 N–H and O–H groups in total. The SMILES string of the molecule is COc1ccc(SCC(=O)N/N=C\c2ccc(-c3ccc(Cl)c([N+](=O)[O-])c3)o2)cc1. The average Bonchev–Trinajstić information content (AvgIpc) is 3.21. The van der Waals surface area contributed by atoms with E-state index in [9.17, 15) is 14.9 Å². The van der Waals surface area contributed by atoms with E-state index in [1.165, 1.54) is 30.1 Å². The Bertz CT molecular complexity index is 1080. The van der Waals surface area contributed by atoms with Crippen LogP contribution in [0, 0.1) is 10.1 Å². The maximum Gasteiger partial charge on any atom is 0.288 e. The minimum absolute atomic E-state index is 0.0484. The Morgan fingerprint density at radius 3 is 2.73 bits per heavy atom. The monoisotopic (exact) mass is 445 g/mol. The summed E-state index contributed by atoms with van der Waals surface area (Å²) in [6.45, 7) is 0. The van der Waals surface area contributed by atoms with Crippen LogP contribution in [0.1, 0.15) is 5.76 Å². The molecule has 0 bridgehead atoms. The summed E-state index contributed by atoms with van der Waals surface area (Å²) in [6.07, 6.45) is 1.35. The molecular weight excluding hydrogens is 430 g/mol. The third-order valence-electron chi connectivity index (χ3n) is 3.86. The van der Waals surface area contributed by atoms with Crippen LogP contribution < -0.4 is 10.2 Å². The molecule has 0 aliphatic rings. The van der Waals surface area contributed by atoms with E-state index in [1.807, 2.05) is 24.3 Å². The lowest BCUT2D eigenvalue weighted by Gasteiger charge is -2.02. The van der Waals surface area contributed by atoms with Crippen LogP contribution in [0.15, 0.2) is 69.0 Å². The number of nitro groups is 1. The molecule has 2 aromatic carbocycles. The van der Waals surface area contributed by atoms with Crippen LogP contribution in [0.4, 0.5) is 5.69 Å². The molecule has 0 saturated carbocycles. The zero-order valence-electron chi connectivity index (χ0n) is 15.7. The molecule has 1 aromatic heterocycles. The summed E-state index contributed by atoms with van der Waals surface area (Å²) in [4.78, 5) is 23.3. The molecule has 1 heterocycles. The molecule has 154 valence electrons. The number of hydrogen-bond donors (Lipinski definition) is 1. The van der Waals surface area contributed by atoms with Crippen LogP contribution in [0.2, 0.25) is 5.02 Å². The Morgan fingerprint density at radius 1 is 1.27 bits per heavy atom. The van der Waals surface area contributed by atoms with Gasteiger partial charge in [-0.3, -0.25) is 14.9 Å². The molecular formula is C20H16ClN3O5S. The number of nitro benzene ring substituents is 1. The molecule has 3 rings (SSSR count). The first-order chi connectivity index (χ1) is 14.5. The number of ether oxygens (including phenoxy) is 1. The Morgan fingerprint density at radius 2 is 2.03 bits per heavy atom. The van der Waals surface area contributed by atoms with E-state index < -0.39 is 4.92 Å². The van der Waals surface area contributed by atoms with E-state index >= 15 is 0 Å². The van der Waals surface area contributed by atoms with Crippen molar-refractivity contribution in [3.63, 3.8) is 0 Å². The van der Waals surface area contributed by atoms with Gasteiger partial charge < -0.3 is 9.15 Å². The molecule has 0 radical (unpaired) electrons. The second-order valence-electron chi connectivity index (χ2n) is 5.88. The second kappa shape index (κ2) is 9.95. The lowest BCUT2D eigenvalue weighted by molar-refractivity contribution is -0.384. The largest absolute Gasteiger partial charge is 0.497 e. The average molecular weight is 446 g/mol. The highest BCUT2D eigenvalue weighted by Gasteiger charge is 2.15. The van der Waals surface area contributed by atoms with Gasteiger partial charge in [0.2, 0.25) is 5.91 Å². The van der Waals surface area contributed by atoms with E-state index in [4.69, 9.17) is 20.8 Å². The van der Waals surface area contributed by atoms with Crippen molar-refractivity contribution in [2.24, 2.45) is 5.10 Å². The number of furan rings is 1. The standard InChI is InChI=1S/C20H16ClN3O5S/c1-28-14-3-6-16(7-4-14)30-12-20(25)23-22-11-15-5-9-19(29-15)13-2-8-17(21)18(10-13)24(26)27/h2-11H,12H2,1H3,(H,23,25)/b22-11-. The quantitative estimate of drug-likeness (QED) is 0.232. The van der Waals surface area contributed by atoms with Gasteiger partial charge in [-0.05, 0) is 48.5 Å². The number of carbonyl (C=O) groups excluding carboxylic acids is 1. The molecule has 0 saturated heterocycles. The predicted octanol–water partition coefficient (Wildman–Crippen LogP) is 4.76. The Kier molecular flexibility index (Phi) is 7.10. The smallest absolute Gasteiger partial charge is 0.288 e. The highest BCUT2D eigenvalue weighted by molar-refractivity contribution is 8.00. The van der Waals surface area contributed by atoms with E-state index in [0.717, 1.165) is 10.6 Å². The van der Waals surface area contributed by atoms with Gasteiger partial charge in [0.05, 0.1) is 24.0 Å². The first-order valence-corrected chi connectivity index (χ1v) is 9.95. The van der Waals surface area contributed by atoms with Crippen LogP contribution in [0.3, 0.4) is 0 Å². The number of hydrazone groups is 1. The maximum atomic E-state index is 11.9. The lowest BCUT2D eigenvalue weighted by atomic mass is 10.1. The van der Waals surface area contributed by atoms with Gasteiger partial charge >= 0.3 is 0 Å². The van der Waals surface area contributed by atoms with Crippen molar-refractivity contribution in [1.29, 1.82) is 0 Å². The van der Waals surface area contributed by atoms with Crippen LogP contribution >= 0.6 is 23.4 Å². The topological polar surface area (TPSA) is 107 Å². The van der Waals surface area contributed by atoms with Crippen molar-refractivity contribution in [2.75, 3.05) is 12.9 Å². The summed E-state index contributed by atoms with van der Waals surface area (Å²) in [5, 5.41) is 14.9. The number of halogens is 1. The summed E-state index contributed by atoms with van der Waals surface area (Å²) < 4.78 is 10.7. The molecule has 10 heteroatoms. The zero-order valence-corrected chi connectivity index (χ0v) is 17.3. The predicted molar refractivity (Wildman–Crippen MR) is 115 cm³/mol. The van der Waals surface area contributed by atoms with Gasteiger partial charge in [0.25, 0.3) is 5.69 Å². The number of methoxy groups -OCH3 is 1. The number of benzene rings is 2. The molecule has 0 aliphatic heterocycles. The van der Waals surface area contributed by atoms with Gasteiger partial charge in [-0.1, -0.05) is 11.6 Å². The third-order valence-corrected chi connectivity index (χ3v) is 5.20. The molecule has 0 spiro atoms. The minimum Gasteiger partial charge on any atom is -0.497 e. The fourth-order valence-corrected chi connectivity index (χ4v) is 3.28. The molecule has 0 unspecified atom stereocenters. The number of rotatable bonds is 8. The fourth-order valence-electron chi connectivity index (χ4n) is 2.40. The Balaban J connectivity index is 1.54. The number of nitrogens with zero attached hydrogens (tertiary/aromatic N) is 2. The fraction of sp³-hybridized carbons (Fsp3) is 0.100. The normalized spacial score (nSPS) is 10.9. The molecule has 0 fully saturated rings. The zero-order chi connectivity index (χ0) is 21.5. The van der Waals surface area contributed by atoms with E-state index in [1.54, 1.807) is 25.3 Å². The van der Waals surface area contributed by atoms with Crippen LogP contribution in [0.5, 0.6) is 5.75 Å². The van der Waals surface area contributed by atoms with Gasteiger partial charge in [-0.2, -0.15) is 5.10 Å². The first-order valence-electron chi connectivity index (χ1n) is 8.59. The van der Waals surface area contributed by atoms with Crippen molar-refractivity contribution in [3.8, 4) is 17.1 Å². The third kappa shape index (κ3) is 5.62. The second-order valence-corrected chi connectivity index (χ2v) is 7.34. The van der Waals surface area contributed by atoms with E-state index in [0.29, 0.717) is 17.1 Å². The first kappa shape index (κ1) is 21.4. The summed E-state index contributed by atoms with van der Waals surface area (Å²) in [6, 6.07) is 15.0. The van der Waals surface area contributed by atoms with Crippen LogP contribution in [0.25, 0.3) is 11.3 Å². The minimum atomic E-state index is -0.559. The van der Waals surface area contributed by atoms with Gasteiger partial charge in [-0.25, -0.2) is 5.43 Å². The van der Waals surface area contributed by atoms with Crippen molar-refractivity contribution >= 4 is 41.2 Å². The number of amides is 1. The van der Waals surface area contributed by atoms with E-state index in [2.05, 4.69) is 10.5 Å². The van der Waals surface area contributed by atoms with Gasteiger partial charge in [0.1, 0.15) is 22.3 Å².